The summed E-state index contributed by atoms with van der Waals surface area (Å²) in [6.45, 7) is 6.48. The first-order valence-corrected chi connectivity index (χ1v) is 8.17. The lowest BCUT2D eigenvalue weighted by Gasteiger charge is -2.40. The zero-order valence-corrected chi connectivity index (χ0v) is 14.1. The zero-order valence-electron chi connectivity index (χ0n) is 12.5. The molecule has 0 aromatic heterocycles. The fourth-order valence-electron chi connectivity index (χ4n) is 3.08. The van der Waals surface area contributed by atoms with E-state index in [-0.39, 0.29) is 5.82 Å². The second-order valence-corrected chi connectivity index (χ2v) is 6.92. The summed E-state index contributed by atoms with van der Waals surface area (Å²) in [5.41, 5.74) is 1.20. The smallest absolute Gasteiger partial charge is 0.137 e. The van der Waals surface area contributed by atoms with E-state index in [9.17, 15) is 4.39 Å². The molecule has 112 valence electrons. The highest BCUT2D eigenvalue weighted by atomic mass is 79.9. The number of piperidine rings is 1. The summed E-state index contributed by atoms with van der Waals surface area (Å²) in [5, 5.41) is 3.55. The van der Waals surface area contributed by atoms with Crippen molar-refractivity contribution in [2.24, 2.45) is 5.92 Å². The molecule has 0 spiro atoms. The number of hydrogen-bond donors (Lipinski definition) is 1. The number of nitrogens with one attached hydrogen (secondary N) is 1. The van der Waals surface area contributed by atoms with Gasteiger partial charge in [0.1, 0.15) is 5.82 Å². The fraction of sp³-hybridized carbons (Fsp3) is 0.625. The van der Waals surface area contributed by atoms with Gasteiger partial charge in [0.2, 0.25) is 0 Å². The summed E-state index contributed by atoms with van der Waals surface area (Å²) in [4.78, 5) is 2.40. The Morgan fingerprint density at radius 1 is 1.45 bits per heavy atom. The Morgan fingerprint density at radius 2 is 2.20 bits per heavy atom. The van der Waals surface area contributed by atoms with Crippen LogP contribution in [0.4, 0.5) is 4.39 Å². The topological polar surface area (TPSA) is 15.3 Å². The predicted molar refractivity (Wildman–Crippen MR) is 85.3 cm³/mol. The van der Waals surface area contributed by atoms with Crippen LogP contribution in [0.3, 0.4) is 0 Å². The molecule has 2 nitrogen and oxygen atoms in total. The van der Waals surface area contributed by atoms with Crippen molar-refractivity contribution >= 4 is 15.9 Å². The van der Waals surface area contributed by atoms with Gasteiger partial charge in [0.05, 0.1) is 4.47 Å². The summed E-state index contributed by atoms with van der Waals surface area (Å²) < 4.78 is 14.0. The van der Waals surface area contributed by atoms with Gasteiger partial charge in [-0.1, -0.05) is 19.9 Å². The van der Waals surface area contributed by atoms with E-state index in [2.05, 4.69) is 47.0 Å². The average molecular weight is 343 g/mol. The molecule has 20 heavy (non-hydrogen) atoms. The van der Waals surface area contributed by atoms with E-state index in [4.69, 9.17) is 0 Å². The minimum absolute atomic E-state index is 0.191. The molecule has 1 saturated heterocycles. The zero-order chi connectivity index (χ0) is 14.7. The van der Waals surface area contributed by atoms with Gasteiger partial charge in [-0.3, -0.25) is 4.90 Å². The second-order valence-electron chi connectivity index (χ2n) is 6.06. The maximum atomic E-state index is 13.4. The van der Waals surface area contributed by atoms with Crippen LogP contribution in [0.15, 0.2) is 22.7 Å². The second kappa shape index (κ2) is 7.01. The molecule has 1 aromatic rings. The lowest BCUT2D eigenvalue weighted by atomic mass is 9.84. The van der Waals surface area contributed by atoms with Gasteiger partial charge >= 0.3 is 0 Å². The summed E-state index contributed by atoms with van der Waals surface area (Å²) in [6, 6.07) is 6.29. The predicted octanol–water partition coefficient (Wildman–Crippen LogP) is 3.97. The van der Waals surface area contributed by atoms with Crippen LogP contribution >= 0.6 is 15.9 Å². The number of likely N-dealkylation sites (tertiary alicyclic amines) is 1. The molecule has 4 heteroatoms. The van der Waals surface area contributed by atoms with E-state index in [0.717, 1.165) is 13.1 Å². The van der Waals surface area contributed by atoms with Crippen LogP contribution in [0.2, 0.25) is 0 Å². The first kappa shape index (κ1) is 15.9. The van der Waals surface area contributed by atoms with Gasteiger partial charge in [-0.2, -0.15) is 0 Å². The molecule has 0 bridgehead atoms. The molecule has 0 radical (unpaired) electrons. The van der Waals surface area contributed by atoms with E-state index < -0.39 is 0 Å². The molecule has 1 fully saturated rings. The third-order valence-corrected chi connectivity index (χ3v) is 4.69. The minimum atomic E-state index is -0.191. The molecule has 0 saturated carbocycles. The lowest BCUT2D eigenvalue weighted by Crippen LogP contribution is -2.41. The van der Waals surface area contributed by atoms with Crippen LogP contribution in [0.1, 0.15) is 38.3 Å². The number of rotatable bonds is 4. The van der Waals surface area contributed by atoms with Gasteiger partial charge in [0, 0.05) is 18.6 Å². The maximum Gasteiger partial charge on any atom is 0.137 e. The SMILES string of the molecule is CC(C)NCC1CCCN(C)C1c1ccc(F)c(Br)c1. The van der Waals surface area contributed by atoms with E-state index >= 15 is 0 Å². The first-order chi connectivity index (χ1) is 9.49. The molecule has 2 rings (SSSR count). The number of benzene rings is 1. The van der Waals surface area contributed by atoms with E-state index in [1.165, 1.54) is 18.4 Å². The highest BCUT2D eigenvalue weighted by Gasteiger charge is 2.30. The van der Waals surface area contributed by atoms with Crippen LogP contribution in [0.5, 0.6) is 0 Å². The normalized spacial score (nSPS) is 24.3. The van der Waals surface area contributed by atoms with Crippen molar-refractivity contribution in [1.29, 1.82) is 0 Å². The first-order valence-electron chi connectivity index (χ1n) is 7.37. The van der Waals surface area contributed by atoms with Crippen LogP contribution in [0, 0.1) is 11.7 Å². The average Bonchev–Trinajstić information content (AvgIpc) is 2.40. The lowest BCUT2D eigenvalue weighted by molar-refractivity contribution is 0.118. The Balaban J connectivity index is 2.20. The Kier molecular flexibility index (Phi) is 5.58. The Morgan fingerprint density at radius 3 is 2.85 bits per heavy atom. The summed E-state index contributed by atoms with van der Waals surface area (Å²) in [7, 11) is 2.17. The van der Waals surface area contributed by atoms with Crippen molar-refractivity contribution in [3.8, 4) is 0 Å². The molecular weight excluding hydrogens is 319 g/mol. The molecule has 1 aliphatic rings. The number of halogens is 2. The Labute approximate surface area is 129 Å². The van der Waals surface area contributed by atoms with E-state index in [1.54, 1.807) is 6.07 Å². The highest BCUT2D eigenvalue weighted by molar-refractivity contribution is 9.10. The molecular formula is C16H24BrFN2. The fourth-order valence-corrected chi connectivity index (χ4v) is 3.48. The Bertz CT molecular complexity index is 450. The van der Waals surface area contributed by atoms with Crippen LogP contribution < -0.4 is 5.32 Å². The summed E-state index contributed by atoms with van der Waals surface area (Å²) in [5.74, 6) is 0.387. The van der Waals surface area contributed by atoms with Crippen LogP contribution in [0.25, 0.3) is 0 Å². The van der Waals surface area contributed by atoms with Crippen molar-refractivity contribution in [1.82, 2.24) is 10.2 Å². The third kappa shape index (κ3) is 3.80. The van der Waals surface area contributed by atoms with Gasteiger partial charge in [-0.05, 0) is 66.0 Å². The molecule has 0 aliphatic carbocycles. The molecule has 1 aromatic carbocycles. The molecule has 2 unspecified atom stereocenters. The van der Waals surface area contributed by atoms with Gasteiger partial charge in [0.15, 0.2) is 0 Å². The largest absolute Gasteiger partial charge is 0.314 e. The van der Waals surface area contributed by atoms with Crippen molar-refractivity contribution < 1.29 is 4.39 Å². The molecule has 1 aliphatic heterocycles. The van der Waals surface area contributed by atoms with Crippen molar-refractivity contribution in [2.45, 2.75) is 38.8 Å². The van der Waals surface area contributed by atoms with E-state index in [0.29, 0.717) is 22.5 Å². The van der Waals surface area contributed by atoms with Gasteiger partial charge in [-0.25, -0.2) is 4.39 Å². The van der Waals surface area contributed by atoms with Crippen LogP contribution in [-0.4, -0.2) is 31.1 Å². The summed E-state index contributed by atoms with van der Waals surface area (Å²) >= 11 is 3.31. The molecule has 2 atom stereocenters. The molecule has 1 heterocycles. The van der Waals surface area contributed by atoms with Crippen molar-refractivity contribution in [2.75, 3.05) is 20.1 Å². The molecule has 1 N–H and O–H groups in total. The quantitative estimate of drug-likeness (QED) is 0.890. The molecule has 0 amide bonds. The third-order valence-electron chi connectivity index (χ3n) is 4.08. The number of hydrogen-bond acceptors (Lipinski definition) is 2. The van der Waals surface area contributed by atoms with Crippen molar-refractivity contribution in [3.05, 3.63) is 34.1 Å². The van der Waals surface area contributed by atoms with Crippen molar-refractivity contribution in [3.63, 3.8) is 0 Å². The monoisotopic (exact) mass is 342 g/mol. The highest BCUT2D eigenvalue weighted by Crippen LogP contribution is 2.36. The standard InChI is InChI=1S/C16H24BrFN2/c1-11(2)19-10-13-5-4-8-20(3)16(13)12-6-7-15(18)14(17)9-12/h6-7,9,11,13,16,19H,4-5,8,10H2,1-3H3. The Hall–Kier alpha value is -0.450. The van der Waals surface area contributed by atoms with Crippen LogP contribution in [-0.2, 0) is 0 Å². The minimum Gasteiger partial charge on any atom is -0.314 e. The van der Waals surface area contributed by atoms with E-state index in [1.807, 2.05) is 12.1 Å². The van der Waals surface area contributed by atoms with Gasteiger partial charge in [0.25, 0.3) is 0 Å². The maximum absolute atomic E-state index is 13.4. The van der Waals surface area contributed by atoms with Gasteiger partial charge < -0.3 is 5.32 Å². The van der Waals surface area contributed by atoms with Gasteiger partial charge in [-0.15, -0.1) is 0 Å². The summed E-state index contributed by atoms with van der Waals surface area (Å²) in [6.07, 6.45) is 2.46. The number of nitrogens with zero attached hydrogens (tertiary/aromatic N) is 1.